The predicted molar refractivity (Wildman–Crippen MR) is 178 cm³/mol. The van der Waals surface area contributed by atoms with E-state index in [0.29, 0.717) is 12.2 Å². The van der Waals surface area contributed by atoms with E-state index in [1.54, 1.807) is 7.11 Å². The highest BCUT2D eigenvalue weighted by Crippen LogP contribution is 2.41. The first-order chi connectivity index (χ1) is 24.8. The lowest BCUT2D eigenvalue weighted by molar-refractivity contribution is -0.311. The van der Waals surface area contributed by atoms with E-state index < -0.39 is 95.0 Å². The van der Waals surface area contributed by atoms with Gasteiger partial charge in [-0.1, -0.05) is 48.9 Å². The number of hydrogen-bond acceptors (Lipinski definition) is 16. The molecule has 0 radical (unpaired) electrons. The number of carbonyl (C=O) groups is 5. The summed E-state index contributed by atoms with van der Waals surface area (Å²) in [7, 11) is -3.58. The number of phosphoric acid groups is 1. The van der Waals surface area contributed by atoms with Crippen LogP contribution in [-0.2, 0) is 43.0 Å². The Morgan fingerprint density at radius 1 is 0.774 bits per heavy atom. The summed E-state index contributed by atoms with van der Waals surface area (Å²) in [5, 5.41) is 52.7. The number of phosphoric ester groups is 1. The van der Waals surface area contributed by atoms with E-state index in [0.717, 1.165) is 31.4 Å². The molecule has 2 aromatic rings. The largest absolute Gasteiger partial charge is 0.756 e. The van der Waals surface area contributed by atoms with Crippen molar-refractivity contribution in [1.82, 2.24) is 14.7 Å². The molecular formula is C34H44N3O15P-4. The van der Waals surface area contributed by atoms with Crippen molar-refractivity contribution in [2.75, 3.05) is 72.7 Å². The average Bonchev–Trinajstić information content (AvgIpc) is 3.06. The fourth-order valence-corrected chi connectivity index (χ4v) is 6.45. The minimum absolute atomic E-state index is 0.224. The van der Waals surface area contributed by atoms with E-state index in [-0.39, 0.29) is 26.1 Å². The number of ether oxygens (including phenoxy) is 1. The monoisotopic (exact) mass is 765 g/mol. The van der Waals surface area contributed by atoms with Crippen LogP contribution in [0.5, 0.6) is 5.75 Å². The molecule has 0 saturated heterocycles. The molecule has 0 bridgehead atoms. The molecule has 2 rings (SSSR count). The van der Waals surface area contributed by atoms with Gasteiger partial charge in [0.1, 0.15) is 5.75 Å². The first-order valence-corrected chi connectivity index (χ1v) is 17.8. The Morgan fingerprint density at radius 3 is 1.75 bits per heavy atom. The first-order valence-electron chi connectivity index (χ1n) is 16.4. The molecule has 0 spiro atoms. The lowest BCUT2D eigenvalue weighted by Gasteiger charge is -2.37. The molecule has 53 heavy (non-hydrogen) atoms. The van der Waals surface area contributed by atoms with Gasteiger partial charge in [0.15, 0.2) is 0 Å². The highest BCUT2D eigenvalue weighted by Gasteiger charge is 2.30. The second kappa shape index (κ2) is 21.3. The number of hydrogen-bond donors (Lipinski definition) is 2. The number of carboxylic acid groups (broad SMARTS) is 5. The highest BCUT2D eigenvalue weighted by atomic mass is 31.2. The molecule has 0 amide bonds. The van der Waals surface area contributed by atoms with Gasteiger partial charge in [-0.2, -0.15) is 0 Å². The quantitative estimate of drug-likeness (QED) is 0.0691. The number of nitrogens with zero attached hydrogens (tertiary/aromatic N) is 3. The van der Waals surface area contributed by atoms with Crippen molar-refractivity contribution >= 4 is 37.7 Å². The third kappa shape index (κ3) is 16.4. The molecule has 0 saturated carbocycles. The van der Waals surface area contributed by atoms with Gasteiger partial charge in [-0.15, -0.1) is 0 Å². The van der Waals surface area contributed by atoms with Crippen LogP contribution in [0.15, 0.2) is 48.5 Å². The van der Waals surface area contributed by atoms with Crippen LogP contribution in [0.3, 0.4) is 0 Å². The molecular weight excluding hydrogens is 721 g/mol. The van der Waals surface area contributed by atoms with Crippen molar-refractivity contribution in [2.45, 2.75) is 38.1 Å². The van der Waals surface area contributed by atoms with Crippen LogP contribution < -0.4 is 24.9 Å². The number of carbonyl (C=O) groups excluding carboxylic acids is 3. The molecule has 2 N–H and O–H groups in total. The SMILES string of the molecule is COc1ccc(C(C)(CCCOP(=O)([O-])OCC(CN(CCN(CC(=O)[O-])CC(=O)O)CC(=O)O)N(CC(=O)[O-])CC(=O)[O-])c2ccc(C)cc2)cc1. The van der Waals surface area contributed by atoms with Crippen LogP contribution in [-0.4, -0.2) is 133 Å². The van der Waals surface area contributed by atoms with Gasteiger partial charge >= 0.3 is 11.9 Å². The summed E-state index contributed by atoms with van der Waals surface area (Å²) >= 11 is 0. The number of aryl methyl sites for hydroxylation is 1. The molecule has 19 heteroatoms. The molecule has 3 atom stereocenters. The molecule has 294 valence electrons. The maximum Gasteiger partial charge on any atom is 0.317 e. The Labute approximate surface area is 306 Å². The molecule has 0 aromatic heterocycles. The van der Waals surface area contributed by atoms with Gasteiger partial charge in [-0.25, -0.2) is 0 Å². The van der Waals surface area contributed by atoms with Crippen molar-refractivity contribution in [3.05, 3.63) is 65.2 Å². The summed E-state index contributed by atoms with van der Waals surface area (Å²) in [6, 6.07) is 13.9. The molecule has 0 aliphatic rings. The Bertz CT molecular complexity index is 1540. The molecule has 18 nitrogen and oxygen atoms in total. The van der Waals surface area contributed by atoms with Crippen LogP contribution in [0.1, 0.15) is 36.5 Å². The standard InChI is InChI=1S/C34H48N3O15P/c1-24-5-7-25(8-6-24)34(2,26-9-11-28(50-3)12-10-26)13-4-16-51-53(48,49)52-23-27(37(21-32(44)45)22-33(46)47)17-35(18-29(38)39)14-15-36(19-30(40)41)20-31(42)43/h5-12,27H,4,13-23H2,1-3H3,(H,38,39)(H,40,41)(H,42,43)(H,44,45)(H,46,47)(H,48,49)/p-4. The van der Waals surface area contributed by atoms with E-state index in [1.165, 1.54) is 0 Å². The van der Waals surface area contributed by atoms with Crippen LogP contribution in [0, 0.1) is 6.92 Å². The van der Waals surface area contributed by atoms with Crippen molar-refractivity contribution in [3.63, 3.8) is 0 Å². The van der Waals surface area contributed by atoms with Gasteiger partial charge in [0.2, 0.25) is 0 Å². The molecule has 3 unspecified atom stereocenters. The number of rotatable bonds is 27. The van der Waals surface area contributed by atoms with Crippen molar-refractivity contribution in [1.29, 1.82) is 0 Å². The first kappa shape index (κ1) is 44.7. The minimum Gasteiger partial charge on any atom is -0.756 e. The third-order valence-electron chi connectivity index (χ3n) is 8.36. The van der Waals surface area contributed by atoms with Gasteiger partial charge in [0.25, 0.3) is 7.82 Å². The van der Waals surface area contributed by atoms with E-state index >= 15 is 0 Å². The highest BCUT2D eigenvalue weighted by molar-refractivity contribution is 7.45. The number of methoxy groups -OCH3 is 1. The normalized spacial score (nSPS) is 14.4. The topological polar surface area (TPSA) is 273 Å². The Morgan fingerprint density at radius 2 is 1.26 bits per heavy atom. The second-order valence-corrected chi connectivity index (χ2v) is 13.9. The lowest BCUT2D eigenvalue weighted by Crippen LogP contribution is -2.55. The molecule has 2 aromatic carbocycles. The summed E-state index contributed by atoms with van der Waals surface area (Å²) in [5.41, 5.74) is 2.38. The van der Waals surface area contributed by atoms with E-state index in [9.17, 15) is 53.9 Å². The Hall–Kier alpha value is -4.42. The van der Waals surface area contributed by atoms with Crippen molar-refractivity contribution < 1.29 is 72.7 Å². The van der Waals surface area contributed by atoms with E-state index in [2.05, 4.69) is 0 Å². The zero-order valence-corrected chi connectivity index (χ0v) is 30.6. The zero-order chi connectivity index (χ0) is 39.8. The van der Waals surface area contributed by atoms with Crippen LogP contribution in [0.2, 0.25) is 0 Å². The molecule has 0 aliphatic heterocycles. The van der Waals surface area contributed by atoms with Crippen molar-refractivity contribution in [3.8, 4) is 5.75 Å². The second-order valence-electron chi connectivity index (χ2n) is 12.5. The van der Waals surface area contributed by atoms with Gasteiger partial charge in [-0.3, -0.25) is 28.9 Å². The van der Waals surface area contributed by atoms with E-state index in [4.69, 9.17) is 18.9 Å². The zero-order valence-electron chi connectivity index (χ0n) is 29.7. The summed E-state index contributed by atoms with van der Waals surface area (Å²) in [6.07, 6.45) is 0.652. The minimum atomic E-state index is -5.13. The average molecular weight is 766 g/mol. The van der Waals surface area contributed by atoms with Gasteiger partial charge in [0, 0.05) is 50.7 Å². The maximum absolute atomic E-state index is 12.9. The summed E-state index contributed by atoms with van der Waals surface area (Å²) in [6.45, 7) is -2.89. The maximum atomic E-state index is 12.9. The summed E-state index contributed by atoms with van der Waals surface area (Å²) in [4.78, 5) is 72.6. The van der Waals surface area contributed by atoms with E-state index in [1.807, 2.05) is 62.4 Å². The molecule has 0 aliphatic carbocycles. The summed E-state index contributed by atoms with van der Waals surface area (Å²) < 4.78 is 28.4. The van der Waals surface area contributed by atoms with Gasteiger partial charge in [-0.05, 0) is 43.0 Å². The van der Waals surface area contributed by atoms with Crippen molar-refractivity contribution in [2.24, 2.45) is 0 Å². The third-order valence-corrected chi connectivity index (χ3v) is 9.33. The fourth-order valence-electron chi connectivity index (χ4n) is 5.67. The van der Waals surface area contributed by atoms with Crippen LogP contribution >= 0.6 is 7.82 Å². The number of aliphatic carboxylic acids is 5. The molecule has 0 heterocycles. The van der Waals surface area contributed by atoms with Gasteiger partial charge in [0.05, 0.1) is 51.3 Å². The van der Waals surface area contributed by atoms with Gasteiger partial charge < -0.3 is 58.6 Å². The van der Waals surface area contributed by atoms with Crippen LogP contribution in [0.25, 0.3) is 0 Å². The Balaban J connectivity index is 2.23. The number of carboxylic acids is 5. The molecule has 0 fully saturated rings. The van der Waals surface area contributed by atoms with Crippen LogP contribution in [0.4, 0.5) is 0 Å². The number of benzene rings is 2. The smallest absolute Gasteiger partial charge is 0.317 e. The summed E-state index contributed by atoms with van der Waals surface area (Å²) in [5.74, 6) is -7.25. The lowest BCUT2D eigenvalue weighted by atomic mass is 9.73. The predicted octanol–water partition coefficient (Wildman–Crippen LogP) is -2.72. The Kier molecular flexibility index (Phi) is 18.0. The fraction of sp³-hybridized carbons (Fsp3) is 0.500.